The van der Waals surface area contributed by atoms with Crippen LogP contribution in [-0.2, 0) is 11.8 Å². The molecule has 154 valence electrons. The normalized spacial score (nSPS) is 20.9. The van der Waals surface area contributed by atoms with E-state index in [1.165, 1.54) is 0 Å². The second-order valence-electron chi connectivity index (χ2n) is 7.96. The van der Waals surface area contributed by atoms with E-state index in [1.54, 1.807) is 16.9 Å². The minimum atomic E-state index is -0.131. The Balaban J connectivity index is 1.40. The number of anilines is 1. The molecule has 2 aliphatic heterocycles. The number of aryl methyl sites for hydroxylation is 3. The van der Waals surface area contributed by atoms with Crippen molar-refractivity contribution in [2.24, 2.45) is 7.05 Å². The molecule has 4 heterocycles. The molecule has 2 aliphatic rings. The zero-order chi connectivity index (χ0) is 20.5. The van der Waals surface area contributed by atoms with Crippen LogP contribution in [0.15, 0.2) is 24.4 Å². The number of piperidine rings is 1. The summed E-state index contributed by atoms with van der Waals surface area (Å²) in [7, 11) is 1.88. The lowest BCUT2D eigenvalue weighted by Crippen LogP contribution is -2.58. The highest BCUT2D eigenvalue weighted by molar-refractivity contribution is 5.97. The highest BCUT2D eigenvalue weighted by atomic mass is 16.2. The van der Waals surface area contributed by atoms with E-state index in [-0.39, 0.29) is 17.9 Å². The van der Waals surface area contributed by atoms with Gasteiger partial charge in [-0.2, -0.15) is 5.10 Å². The van der Waals surface area contributed by atoms with Crippen molar-refractivity contribution in [3.8, 4) is 0 Å². The van der Waals surface area contributed by atoms with E-state index in [4.69, 9.17) is 0 Å². The fraction of sp³-hybridized carbons (Fsp3) is 0.524. The van der Waals surface area contributed by atoms with Crippen LogP contribution in [0.1, 0.15) is 34.6 Å². The van der Waals surface area contributed by atoms with Crippen molar-refractivity contribution >= 4 is 17.6 Å². The van der Waals surface area contributed by atoms with Gasteiger partial charge in [0.2, 0.25) is 5.91 Å². The molecule has 2 fully saturated rings. The molecule has 2 aromatic rings. The van der Waals surface area contributed by atoms with Gasteiger partial charge in [0.15, 0.2) is 0 Å². The lowest BCUT2D eigenvalue weighted by atomic mass is 10.0. The molecule has 0 radical (unpaired) electrons. The van der Waals surface area contributed by atoms with Gasteiger partial charge >= 0.3 is 0 Å². The third-order valence-corrected chi connectivity index (χ3v) is 5.84. The number of nitrogens with zero attached hydrogens (tertiary/aromatic N) is 6. The van der Waals surface area contributed by atoms with Crippen molar-refractivity contribution in [1.82, 2.24) is 24.6 Å². The van der Waals surface area contributed by atoms with Crippen molar-refractivity contribution in [3.05, 3.63) is 41.3 Å². The van der Waals surface area contributed by atoms with E-state index in [2.05, 4.69) is 15.0 Å². The number of pyridine rings is 1. The Bertz CT molecular complexity index is 898. The molecule has 0 aromatic carbocycles. The summed E-state index contributed by atoms with van der Waals surface area (Å²) in [6, 6.07) is 5.52. The molecule has 2 saturated heterocycles. The van der Waals surface area contributed by atoms with Gasteiger partial charge in [-0.25, -0.2) is 0 Å². The molecule has 0 bridgehead atoms. The van der Waals surface area contributed by atoms with Crippen LogP contribution in [0.2, 0.25) is 0 Å². The maximum atomic E-state index is 13.2. The van der Waals surface area contributed by atoms with Gasteiger partial charge in [0.1, 0.15) is 11.5 Å². The van der Waals surface area contributed by atoms with Crippen molar-refractivity contribution in [1.29, 1.82) is 0 Å². The molecule has 8 nitrogen and oxygen atoms in total. The Morgan fingerprint density at radius 1 is 1.10 bits per heavy atom. The van der Waals surface area contributed by atoms with Gasteiger partial charge in [-0.05, 0) is 38.3 Å². The number of rotatable bonds is 3. The Morgan fingerprint density at radius 2 is 1.86 bits per heavy atom. The molecule has 0 saturated carbocycles. The smallest absolute Gasteiger partial charge is 0.272 e. The van der Waals surface area contributed by atoms with E-state index in [0.717, 1.165) is 36.5 Å². The third-order valence-electron chi connectivity index (χ3n) is 5.84. The molecular formula is C21H28N6O2. The Labute approximate surface area is 171 Å². The maximum absolute atomic E-state index is 13.2. The van der Waals surface area contributed by atoms with Crippen molar-refractivity contribution in [2.45, 2.75) is 32.7 Å². The Kier molecular flexibility index (Phi) is 5.36. The molecule has 0 N–H and O–H groups in total. The second-order valence-corrected chi connectivity index (χ2v) is 7.96. The number of amides is 2. The van der Waals surface area contributed by atoms with E-state index in [0.29, 0.717) is 31.9 Å². The number of carbonyl (C=O) groups excluding carboxylic acids is 2. The van der Waals surface area contributed by atoms with Gasteiger partial charge in [-0.1, -0.05) is 6.07 Å². The van der Waals surface area contributed by atoms with Crippen LogP contribution < -0.4 is 4.90 Å². The van der Waals surface area contributed by atoms with Gasteiger partial charge in [0.25, 0.3) is 5.91 Å². The van der Waals surface area contributed by atoms with Crippen molar-refractivity contribution in [2.75, 3.05) is 37.6 Å². The summed E-state index contributed by atoms with van der Waals surface area (Å²) in [5.74, 6) is 0.960. The molecule has 0 unspecified atom stereocenters. The number of piperazine rings is 1. The predicted octanol–water partition coefficient (Wildman–Crippen LogP) is 1.39. The van der Waals surface area contributed by atoms with Crippen LogP contribution in [-0.4, -0.2) is 75.1 Å². The first kappa shape index (κ1) is 19.6. The van der Waals surface area contributed by atoms with Crippen LogP contribution in [0.4, 0.5) is 5.82 Å². The third kappa shape index (κ3) is 3.89. The molecule has 29 heavy (non-hydrogen) atoms. The fourth-order valence-electron chi connectivity index (χ4n) is 4.27. The average molecular weight is 396 g/mol. The molecule has 1 atom stereocenters. The molecule has 2 aromatic heterocycles. The minimum absolute atomic E-state index is 0.0355. The highest BCUT2D eigenvalue weighted by Crippen LogP contribution is 2.25. The van der Waals surface area contributed by atoms with Gasteiger partial charge in [-0.15, -0.1) is 0 Å². The summed E-state index contributed by atoms with van der Waals surface area (Å²) >= 11 is 0. The first-order valence-electron chi connectivity index (χ1n) is 10.2. The first-order chi connectivity index (χ1) is 13.9. The lowest BCUT2D eigenvalue weighted by Gasteiger charge is -2.42. The quantitative estimate of drug-likeness (QED) is 0.784. The number of aromatic nitrogens is 3. The second kappa shape index (κ2) is 7.94. The summed E-state index contributed by atoms with van der Waals surface area (Å²) in [5, 5.41) is 4.38. The summed E-state index contributed by atoms with van der Waals surface area (Å²) in [6.45, 7) is 7.25. The van der Waals surface area contributed by atoms with Crippen LogP contribution in [0.5, 0.6) is 0 Å². The Hall–Kier alpha value is -2.74. The standard InChI is InChI=1S/C21H28N6O2/c1-15-6-7-17(22-14-15)20(28)26-11-9-25(10-12-26)18-5-4-8-27(21(18)29)19-13-16(2)23-24(19)3/h6-7,13-14,18H,4-5,8-12H2,1-3H3/t18-/m1/s1. The SMILES string of the molecule is Cc1ccc(C(=O)N2CCN([C@@H]3CCCN(c4cc(C)nn4C)C3=O)CC2)nc1. The zero-order valence-electron chi connectivity index (χ0n) is 17.3. The Morgan fingerprint density at radius 3 is 2.48 bits per heavy atom. The minimum Gasteiger partial charge on any atom is -0.335 e. The summed E-state index contributed by atoms with van der Waals surface area (Å²) < 4.78 is 1.78. The summed E-state index contributed by atoms with van der Waals surface area (Å²) in [5.41, 5.74) is 2.43. The molecular weight excluding hydrogens is 368 g/mol. The molecule has 0 spiro atoms. The van der Waals surface area contributed by atoms with Crippen molar-refractivity contribution < 1.29 is 9.59 Å². The molecule has 4 rings (SSSR count). The van der Waals surface area contributed by atoms with E-state index in [1.807, 2.05) is 42.8 Å². The zero-order valence-corrected chi connectivity index (χ0v) is 17.3. The molecule has 2 amide bonds. The van der Waals surface area contributed by atoms with Gasteiger partial charge < -0.3 is 4.90 Å². The van der Waals surface area contributed by atoms with Crippen LogP contribution >= 0.6 is 0 Å². The lowest BCUT2D eigenvalue weighted by molar-refractivity contribution is -0.126. The molecule has 0 aliphatic carbocycles. The van der Waals surface area contributed by atoms with E-state index >= 15 is 0 Å². The molecule has 8 heteroatoms. The van der Waals surface area contributed by atoms with E-state index in [9.17, 15) is 9.59 Å². The van der Waals surface area contributed by atoms with E-state index < -0.39 is 0 Å². The summed E-state index contributed by atoms with van der Waals surface area (Å²) in [6.07, 6.45) is 3.55. The van der Waals surface area contributed by atoms with Crippen LogP contribution in [0.25, 0.3) is 0 Å². The summed E-state index contributed by atoms with van der Waals surface area (Å²) in [4.78, 5) is 36.1. The fourth-order valence-corrected chi connectivity index (χ4v) is 4.27. The largest absolute Gasteiger partial charge is 0.335 e. The first-order valence-corrected chi connectivity index (χ1v) is 10.2. The maximum Gasteiger partial charge on any atom is 0.272 e. The van der Waals surface area contributed by atoms with Crippen LogP contribution in [0.3, 0.4) is 0 Å². The topological polar surface area (TPSA) is 74.6 Å². The number of hydrogen-bond acceptors (Lipinski definition) is 5. The van der Waals surface area contributed by atoms with Gasteiger partial charge in [-0.3, -0.25) is 29.1 Å². The van der Waals surface area contributed by atoms with Gasteiger partial charge in [0, 0.05) is 52.0 Å². The average Bonchev–Trinajstić information content (AvgIpc) is 3.06. The highest BCUT2D eigenvalue weighted by Gasteiger charge is 2.37. The van der Waals surface area contributed by atoms with Crippen molar-refractivity contribution in [3.63, 3.8) is 0 Å². The van der Waals surface area contributed by atoms with Crippen LogP contribution in [0, 0.1) is 13.8 Å². The van der Waals surface area contributed by atoms with Gasteiger partial charge in [0.05, 0.1) is 11.7 Å². The monoisotopic (exact) mass is 396 g/mol. The number of hydrogen-bond donors (Lipinski definition) is 0. The predicted molar refractivity (Wildman–Crippen MR) is 110 cm³/mol. The number of carbonyl (C=O) groups is 2.